The summed E-state index contributed by atoms with van der Waals surface area (Å²) in [5.74, 6) is 0.285. The predicted octanol–water partition coefficient (Wildman–Crippen LogP) is 1.07. The van der Waals surface area contributed by atoms with Gasteiger partial charge in [0.2, 0.25) is 5.91 Å². The zero-order chi connectivity index (χ0) is 13.0. The van der Waals surface area contributed by atoms with Crippen molar-refractivity contribution in [3.63, 3.8) is 0 Å². The zero-order valence-corrected chi connectivity index (χ0v) is 11.8. The third-order valence-electron chi connectivity index (χ3n) is 4.38. The van der Waals surface area contributed by atoms with Crippen LogP contribution in [0.5, 0.6) is 0 Å². The number of nitrogens with one attached hydrogen (secondary N) is 1. The molecule has 104 valence electrons. The Morgan fingerprint density at radius 2 is 1.94 bits per heavy atom. The highest BCUT2D eigenvalue weighted by Gasteiger charge is 2.30. The van der Waals surface area contributed by atoms with Gasteiger partial charge in [0.1, 0.15) is 0 Å². The van der Waals surface area contributed by atoms with Crippen LogP contribution in [-0.2, 0) is 4.79 Å². The summed E-state index contributed by atoms with van der Waals surface area (Å²) < 4.78 is 0. The van der Waals surface area contributed by atoms with E-state index in [1.165, 1.54) is 32.1 Å². The van der Waals surface area contributed by atoms with Crippen molar-refractivity contribution in [2.24, 2.45) is 0 Å². The average molecular weight is 253 g/mol. The van der Waals surface area contributed by atoms with E-state index in [-0.39, 0.29) is 5.91 Å². The van der Waals surface area contributed by atoms with Crippen LogP contribution >= 0.6 is 0 Å². The fourth-order valence-electron chi connectivity index (χ4n) is 3.08. The Bertz CT molecular complexity index is 274. The van der Waals surface area contributed by atoms with Gasteiger partial charge in [0.05, 0.1) is 6.54 Å². The molecule has 0 aromatic heterocycles. The van der Waals surface area contributed by atoms with E-state index >= 15 is 0 Å². The number of carbonyl (C=O) groups excluding carboxylic acids is 1. The highest BCUT2D eigenvalue weighted by molar-refractivity contribution is 5.78. The minimum atomic E-state index is 0.285. The van der Waals surface area contributed by atoms with E-state index in [4.69, 9.17) is 0 Å². The summed E-state index contributed by atoms with van der Waals surface area (Å²) >= 11 is 0. The minimum absolute atomic E-state index is 0.285. The summed E-state index contributed by atoms with van der Waals surface area (Å²) in [7, 11) is 1.91. The lowest BCUT2D eigenvalue weighted by Crippen LogP contribution is -2.53. The first-order valence-electron chi connectivity index (χ1n) is 7.42. The standard InChI is InChI=1S/C14H27N3O/c1-3-8-15-12-4-6-13(7-5-12)17-10-9-16(2)14(18)11-17/h12-13,15H,3-11H2,1-2H3. The second kappa shape index (κ2) is 6.53. The third kappa shape index (κ3) is 3.45. The molecule has 0 aromatic carbocycles. The molecule has 2 aliphatic rings. The van der Waals surface area contributed by atoms with Gasteiger partial charge in [-0.05, 0) is 38.6 Å². The van der Waals surface area contributed by atoms with Crippen molar-refractivity contribution in [3.05, 3.63) is 0 Å². The number of likely N-dealkylation sites (N-methyl/N-ethyl adjacent to an activating group) is 1. The summed E-state index contributed by atoms with van der Waals surface area (Å²) in [4.78, 5) is 16.0. The minimum Gasteiger partial charge on any atom is -0.343 e. The molecule has 2 fully saturated rings. The smallest absolute Gasteiger partial charge is 0.236 e. The fourth-order valence-corrected chi connectivity index (χ4v) is 3.08. The Balaban J connectivity index is 1.74. The zero-order valence-electron chi connectivity index (χ0n) is 11.8. The molecule has 4 heteroatoms. The highest BCUT2D eigenvalue weighted by atomic mass is 16.2. The summed E-state index contributed by atoms with van der Waals surface area (Å²) in [5, 5.41) is 3.62. The molecule has 4 nitrogen and oxygen atoms in total. The molecule has 0 atom stereocenters. The Kier molecular flexibility index (Phi) is 5.01. The quantitative estimate of drug-likeness (QED) is 0.814. The maximum Gasteiger partial charge on any atom is 0.236 e. The van der Waals surface area contributed by atoms with Gasteiger partial charge in [-0.2, -0.15) is 0 Å². The van der Waals surface area contributed by atoms with Crippen LogP contribution in [0.4, 0.5) is 0 Å². The topological polar surface area (TPSA) is 35.6 Å². The number of hydrogen-bond acceptors (Lipinski definition) is 3. The van der Waals surface area contributed by atoms with Gasteiger partial charge < -0.3 is 10.2 Å². The largest absolute Gasteiger partial charge is 0.343 e. The Morgan fingerprint density at radius 3 is 2.56 bits per heavy atom. The van der Waals surface area contributed by atoms with Crippen molar-refractivity contribution in [2.75, 3.05) is 33.2 Å². The molecule has 1 heterocycles. The molecule has 1 saturated carbocycles. The van der Waals surface area contributed by atoms with Gasteiger partial charge in [0, 0.05) is 32.2 Å². The molecule has 0 spiro atoms. The monoisotopic (exact) mass is 253 g/mol. The van der Waals surface area contributed by atoms with Gasteiger partial charge in [-0.1, -0.05) is 6.92 Å². The molecular formula is C14H27N3O. The molecule has 0 aromatic rings. The number of piperazine rings is 1. The molecule has 0 unspecified atom stereocenters. The first-order valence-corrected chi connectivity index (χ1v) is 7.42. The second-order valence-electron chi connectivity index (χ2n) is 5.75. The average Bonchev–Trinajstić information content (AvgIpc) is 2.40. The van der Waals surface area contributed by atoms with Crippen LogP contribution in [0, 0.1) is 0 Å². The van der Waals surface area contributed by atoms with Crippen molar-refractivity contribution in [3.8, 4) is 0 Å². The SMILES string of the molecule is CCCNC1CCC(N2CCN(C)C(=O)C2)CC1. The molecule has 1 N–H and O–H groups in total. The molecule has 1 aliphatic heterocycles. The first kappa shape index (κ1) is 13.8. The van der Waals surface area contributed by atoms with Crippen LogP contribution in [0.15, 0.2) is 0 Å². The van der Waals surface area contributed by atoms with Crippen LogP contribution < -0.4 is 5.32 Å². The Morgan fingerprint density at radius 1 is 1.22 bits per heavy atom. The molecule has 1 aliphatic carbocycles. The Labute approximate surface area is 111 Å². The van der Waals surface area contributed by atoms with E-state index in [9.17, 15) is 4.79 Å². The molecule has 0 radical (unpaired) electrons. The lowest BCUT2D eigenvalue weighted by molar-refractivity contribution is -0.135. The van der Waals surface area contributed by atoms with E-state index in [1.807, 2.05) is 11.9 Å². The normalized spacial score (nSPS) is 30.8. The number of carbonyl (C=O) groups is 1. The number of hydrogen-bond donors (Lipinski definition) is 1. The van der Waals surface area contributed by atoms with Gasteiger partial charge in [0.15, 0.2) is 0 Å². The third-order valence-corrected chi connectivity index (χ3v) is 4.38. The maximum absolute atomic E-state index is 11.7. The van der Waals surface area contributed by atoms with Crippen molar-refractivity contribution < 1.29 is 4.79 Å². The van der Waals surface area contributed by atoms with E-state index in [2.05, 4.69) is 17.1 Å². The van der Waals surface area contributed by atoms with Crippen molar-refractivity contribution in [2.45, 2.75) is 51.1 Å². The van der Waals surface area contributed by atoms with E-state index < -0.39 is 0 Å². The van der Waals surface area contributed by atoms with Crippen molar-refractivity contribution >= 4 is 5.91 Å². The van der Waals surface area contributed by atoms with Crippen LogP contribution in [0.2, 0.25) is 0 Å². The second-order valence-corrected chi connectivity index (χ2v) is 5.75. The lowest BCUT2D eigenvalue weighted by Gasteiger charge is -2.40. The van der Waals surface area contributed by atoms with Crippen molar-refractivity contribution in [1.29, 1.82) is 0 Å². The molecule has 18 heavy (non-hydrogen) atoms. The highest BCUT2D eigenvalue weighted by Crippen LogP contribution is 2.24. The molecular weight excluding hydrogens is 226 g/mol. The number of amides is 1. The van der Waals surface area contributed by atoms with Gasteiger partial charge in [0.25, 0.3) is 0 Å². The summed E-state index contributed by atoms with van der Waals surface area (Å²) in [6.45, 7) is 5.94. The van der Waals surface area contributed by atoms with E-state index in [0.29, 0.717) is 18.6 Å². The molecule has 1 amide bonds. The fraction of sp³-hybridized carbons (Fsp3) is 0.929. The van der Waals surface area contributed by atoms with Crippen LogP contribution in [0.3, 0.4) is 0 Å². The Hall–Kier alpha value is -0.610. The van der Waals surface area contributed by atoms with Crippen LogP contribution in [0.1, 0.15) is 39.0 Å². The van der Waals surface area contributed by atoms with Gasteiger partial charge in [-0.15, -0.1) is 0 Å². The van der Waals surface area contributed by atoms with Crippen LogP contribution in [-0.4, -0.2) is 61.0 Å². The molecule has 0 bridgehead atoms. The molecule has 2 rings (SSSR count). The number of nitrogens with zero attached hydrogens (tertiary/aromatic N) is 2. The summed E-state index contributed by atoms with van der Waals surface area (Å²) in [6, 6.07) is 1.35. The van der Waals surface area contributed by atoms with Crippen LogP contribution in [0.25, 0.3) is 0 Å². The van der Waals surface area contributed by atoms with Gasteiger partial charge in [-0.25, -0.2) is 0 Å². The van der Waals surface area contributed by atoms with Gasteiger partial charge >= 0.3 is 0 Å². The molecule has 1 saturated heterocycles. The van der Waals surface area contributed by atoms with E-state index in [0.717, 1.165) is 19.6 Å². The maximum atomic E-state index is 11.7. The number of rotatable bonds is 4. The van der Waals surface area contributed by atoms with E-state index in [1.54, 1.807) is 0 Å². The summed E-state index contributed by atoms with van der Waals surface area (Å²) in [6.07, 6.45) is 6.25. The predicted molar refractivity (Wildman–Crippen MR) is 73.5 cm³/mol. The summed E-state index contributed by atoms with van der Waals surface area (Å²) in [5.41, 5.74) is 0. The first-order chi connectivity index (χ1) is 8.70. The lowest BCUT2D eigenvalue weighted by atomic mass is 9.89. The van der Waals surface area contributed by atoms with Gasteiger partial charge in [-0.3, -0.25) is 9.69 Å². The van der Waals surface area contributed by atoms with Crippen molar-refractivity contribution in [1.82, 2.24) is 15.1 Å².